The second kappa shape index (κ2) is 9.48. The van der Waals surface area contributed by atoms with Crippen LogP contribution in [-0.2, 0) is 22.4 Å². The minimum Gasteiger partial charge on any atom is -0.508 e. The van der Waals surface area contributed by atoms with Crippen molar-refractivity contribution in [3.63, 3.8) is 0 Å². The standard InChI is InChI=1S/C21H25ClO4/c1-4-6-15-12-18(23)13-16(7-5-2)19(15)26-20(21(24)25-3)14-8-10-17(22)11-9-14/h8-13,20,23H,4-7H2,1-3H3. The number of rotatable bonds is 8. The van der Waals surface area contributed by atoms with Crippen LogP contribution in [0.1, 0.15) is 49.5 Å². The number of ether oxygens (including phenoxy) is 2. The van der Waals surface area contributed by atoms with Crippen LogP contribution in [0.4, 0.5) is 0 Å². The summed E-state index contributed by atoms with van der Waals surface area (Å²) in [5.41, 5.74) is 2.44. The van der Waals surface area contributed by atoms with Crippen LogP contribution >= 0.6 is 11.6 Å². The number of halogens is 1. The van der Waals surface area contributed by atoms with E-state index < -0.39 is 12.1 Å². The molecule has 2 aromatic rings. The molecule has 5 heteroatoms. The van der Waals surface area contributed by atoms with Crippen LogP contribution in [-0.4, -0.2) is 18.2 Å². The highest BCUT2D eigenvalue weighted by Crippen LogP contribution is 2.35. The molecule has 1 unspecified atom stereocenters. The van der Waals surface area contributed by atoms with Crippen molar-refractivity contribution in [1.82, 2.24) is 0 Å². The largest absolute Gasteiger partial charge is 0.508 e. The van der Waals surface area contributed by atoms with Crippen LogP contribution < -0.4 is 4.74 Å². The van der Waals surface area contributed by atoms with E-state index in [2.05, 4.69) is 13.8 Å². The Morgan fingerprint density at radius 2 is 1.62 bits per heavy atom. The number of methoxy groups -OCH3 is 1. The third-order valence-electron chi connectivity index (χ3n) is 4.09. The number of aryl methyl sites for hydroxylation is 2. The van der Waals surface area contributed by atoms with Crippen LogP contribution in [0.15, 0.2) is 36.4 Å². The van der Waals surface area contributed by atoms with E-state index in [0.29, 0.717) is 16.3 Å². The summed E-state index contributed by atoms with van der Waals surface area (Å²) in [6.07, 6.45) is 2.39. The molecule has 0 spiro atoms. The van der Waals surface area contributed by atoms with Crippen LogP contribution in [0.3, 0.4) is 0 Å². The lowest BCUT2D eigenvalue weighted by Crippen LogP contribution is -2.21. The minimum atomic E-state index is -0.895. The summed E-state index contributed by atoms with van der Waals surface area (Å²) in [7, 11) is 1.34. The van der Waals surface area contributed by atoms with Crippen molar-refractivity contribution in [2.75, 3.05) is 7.11 Å². The van der Waals surface area contributed by atoms with Crippen molar-refractivity contribution in [2.24, 2.45) is 0 Å². The summed E-state index contributed by atoms with van der Waals surface area (Å²) in [5, 5.41) is 10.6. The summed E-state index contributed by atoms with van der Waals surface area (Å²) in [6, 6.07) is 10.3. The number of phenolic OH excluding ortho intramolecular Hbond substituents is 1. The molecule has 1 atom stereocenters. The molecular weight excluding hydrogens is 352 g/mol. The van der Waals surface area contributed by atoms with Crippen molar-refractivity contribution in [2.45, 2.75) is 45.6 Å². The third-order valence-corrected chi connectivity index (χ3v) is 4.34. The van der Waals surface area contributed by atoms with Gasteiger partial charge in [-0.25, -0.2) is 4.79 Å². The molecule has 140 valence electrons. The van der Waals surface area contributed by atoms with Gasteiger partial charge in [-0.3, -0.25) is 0 Å². The van der Waals surface area contributed by atoms with Crippen molar-refractivity contribution >= 4 is 17.6 Å². The maximum Gasteiger partial charge on any atom is 0.351 e. The lowest BCUT2D eigenvalue weighted by Gasteiger charge is -2.22. The highest BCUT2D eigenvalue weighted by Gasteiger charge is 2.26. The lowest BCUT2D eigenvalue weighted by molar-refractivity contribution is -0.149. The Bertz CT molecular complexity index is 713. The quantitative estimate of drug-likeness (QED) is 0.640. The molecule has 26 heavy (non-hydrogen) atoms. The molecule has 0 aromatic heterocycles. The van der Waals surface area contributed by atoms with E-state index in [1.54, 1.807) is 36.4 Å². The van der Waals surface area contributed by atoms with Crippen LogP contribution in [0.5, 0.6) is 11.5 Å². The topological polar surface area (TPSA) is 55.8 Å². The Morgan fingerprint density at radius 3 is 2.08 bits per heavy atom. The van der Waals surface area contributed by atoms with Gasteiger partial charge >= 0.3 is 5.97 Å². The van der Waals surface area contributed by atoms with Gasteiger partial charge in [0.2, 0.25) is 6.10 Å². The fourth-order valence-electron chi connectivity index (χ4n) is 2.91. The minimum absolute atomic E-state index is 0.213. The molecule has 0 saturated carbocycles. The maximum absolute atomic E-state index is 12.4. The Kier molecular flexibility index (Phi) is 7.34. The van der Waals surface area contributed by atoms with Crippen LogP contribution in [0.2, 0.25) is 5.02 Å². The zero-order chi connectivity index (χ0) is 19.1. The summed E-state index contributed by atoms with van der Waals surface area (Å²) in [5.74, 6) is 0.382. The normalized spacial score (nSPS) is 11.8. The Labute approximate surface area is 159 Å². The second-order valence-electron chi connectivity index (χ2n) is 6.17. The predicted octanol–water partition coefficient (Wildman–Crippen LogP) is 5.24. The predicted molar refractivity (Wildman–Crippen MR) is 103 cm³/mol. The first-order valence-corrected chi connectivity index (χ1v) is 9.22. The molecule has 0 saturated heterocycles. The van der Waals surface area contributed by atoms with Gasteiger partial charge in [-0.05, 0) is 48.2 Å². The van der Waals surface area contributed by atoms with Crippen molar-refractivity contribution < 1.29 is 19.4 Å². The molecule has 0 aliphatic carbocycles. The van der Waals surface area contributed by atoms with Gasteiger partial charge in [0.25, 0.3) is 0 Å². The molecule has 1 N–H and O–H groups in total. The molecule has 4 nitrogen and oxygen atoms in total. The molecule has 2 aromatic carbocycles. The van der Waals surface area contributed by atoms with Crippen molar-refractivity contribution in [3.8, 4) is 11.5 Å². The summed E-state index contributed by atoms with van der Waals surface area (Å²) >= 11 is 5.96. The molecule has 0 aliphatic rings. The van der Waals surface area contributed by atoms with Gasteiger partial charge in [-0.2, -0.15) is 0 Å². The van der Waals surface area contributed by atoms with Gasteiger partial charge in [-0.1, -0.05) is 50.4 Å². The van der Waals surface area contributed by atoms with Gasteiger partial charge in [0, 0.05) is 10.6 Å². The van der Waals surface area contributed by atoms with Gasteiger partial charge in [0.1, 0.15) is 11.5 Å². The fraction of sp³-hybridized carbons (Fsp3) is 0.381. The van der Waals surface area contributed by atoms with E-state index in [-0.39, 0.29) is 5.75 Å². The molecule has 0 amide bonds. The number of hydrogen-bond acceptors (Lipinski definition) is 4. The number of aromatic hydroxyl groups is 1. The molecule has 0 radical (unpaired) electrons. The van der Waals surface area contributed by atoms with Gasteiger partial charge in [0.15, 0.2) is 0 Å². The number of carbonyl (C=O) groups excluding carboxylic acids is 1. The van der Waals surface area contributed by atoms with E-state index >= 15 is 0 Å². The number of benzene rings is 2. The monoisotopic (exact) mass is 376 g/mol. The van der Waals surface area contributed by atoms with Crippen molar-refractivity contribution in [1.29, 1.82) is 0 Å². The average molecular weight is 377 g/mol. The summed E-state index contributed by atoms with van der Waals surface area (Å²) < 4.78 is 11.1. The van der Waals surface area contributed by atoms with E-state index in [1.807, 2.05) is 0 Å². The zero-order valence-corrected chi connectivity index (χ0v) is 16.2. The van der Waals surface area contributed by atoms with E-state index in [9.17, 15) is 9.90 Å². The molecule has 0 aliphatic heterocycles. The summed E-state index contributed by atoms with van der Waals surface area (Å²) in [6.45, 7) is 4.12. The third kappa shape index (κ3) is 4.92. The molecule has 0 heterocycles. The van der Waals surface area contributed by atoms with E-state index in [0.717, 1.165) is 36.8 Å². The maximum atomic E-state index is 12.4. The van der Waals surface area contributed by atoms with Crippen molar-refractivity contribution in [3.05, 3.63) is 58.1 Å². The first-order chi connectivity index (χ1) is 12.5. The van der Waals surface area contributed by atoms with E-state index in [4.69, 9.17) is 21.1 Å². The molecule has 0 fully saturated rings. The fourth-order valence-corrected chi connectivity index (χ4v) is 3.04. The first kappa shape index (κ1) is 20.1. The molecular formula is C21H25ClO4. The SMILES string of the molecule is CCCc1cc(O)cc(CCC)c1OC(C(=O)OC)c1ccc(Cl)cc1. The van der Waals surface area contributed by atoms with Crippen LogP contribution in [0.25, 0.3) is 0 Å². The summed E-state index contributed by atoms with van der Waals surface area (Å²) in [4.78, 5) is 12.4. The molecule has 0 bridgehead atoms. The van der Waals surface area contributed by atoms with E-state index in [1.165, 1.54) is 7.11 Å². The zero-order valence-electron chi connectivity index (χ0n) is 15.4. The number of phenols is 1. The molecule has 2 rings (SSSR count). The smallest absolute Gasteiger partial charge is 0.351 e. The van der Waals surface area contributed by atoms with Crippen LogP contribution in [0, 0.1) is 0 Å². The number of hydrogen-bond donors (Lipinski definition) is 1. The highest BCUT2D eigenvalue weighted by atomic mass is 35.5. The Balaban J connectivity index is 2.49. The second-order valence-corrected chi connectivity index (χ2v) is 6.60. The lowest BCUT2D eigenvalue weighted by atomic mass is 10.0. The van der Waals surface area contributed by atoms with Gasteiger partial charge in [-0.15, -0.1) is 0 Å². The first-order valence-electron chi connectivity index (χ1n) is 8.84. The average Bonchev–Trinajstić information content (AvgIpc) is 2.62. The number of carbonyl (C=O) groups is 1. The highest BCUT2D eigenvalue weighted by molar-refractivity contribution is 6.30. The Morgan fingerprint density at radius 1 is 1.08 bits per heavy atom. The van der Waals surface area contributed by atoms with Gasteiger partial charge < -0.3 is 14.6 Å². The Hall–Kier alpha value is -2.20. The van der Waals surface area contributed by atoms with Gasteiger partial charge in [0.05, 0.1) is 7.11 Å². The number of esters is 1.